The highest BCUT2D eigenvalue weighted by atomic mass is 32.2. The second-order valence-corrected chi connectivity index (χ2v) is 10.7. The molecular formula is C26H30FN7O5S. The lowest BCUT2D eigenvalue weighted by Crippen LogP contribution is -2.38. The van der Waals surface area contributed by atoms with Crippen molar-refractivity contribution in [3.8, 4) is 11.5 Å². The quantitative estimate of drug-likeness (QED) is 0.231. The number of piperidine rings is 1. The zero-order chi connectivity index (χ0) is 28.0. The van der Waals surface area contributed by atoms with E-state index in [1.807, 2.05) is 0 Å². The molecule has 2 saturated heterocycles. The van der Waals surface area contributed by atoms with Crippen LogP contribution in [0.1, 0.15) is 24.8 Å². The van der Waals surface area contributed by atoms with Crippen molar-refractivity contribution in [3.05, 3.63) is 53.8 Å². The summed E-state index contributed by atoms with van der Waals surface area (Å²) in [7, 11) is -2.79. The molecule has 0 radical (unpaired) electrons. The molecule has 0 atom stereocenters. The van der Waals surface area contributed by atoms with Crippen molar-refractivity contribution in [2.75, 3.05) is 61.7 Å². The molecule has 12 nitrogen and oxygen atoms in total. The summed E-state index contributed by atoms with van der Waals surface area (Å²) >= 11 is 0. The number of methoxy groups -OCH3 is 1. The molecule has 1 aromatic heterocycles. The molecule has 0 spiro atoms. The van der Waals surface area contributed by atoms with E-state index in [-0.39, 0.29) is 16.4 Å². The first-order valence-corrected chi connectivity index (χ1v) is 14.3. The summed E-state index contributed by atoms with van der Waals surface area (Å²) in [5, 5.41) is 4.28. The highest BCUT2D eigenvalue weighted by Crippen LogP contribution is 2.30. The fourth-order valence-electron chi connectivity index (χ4n) is 4.31. The number of hydrogen-bond donors (Lipinski definition) is 1. The van der Waals surface area contributed by atoms with Crippen LogP contribution in [0.4, 0.5) is 22.2 Å². The first-order valence-electron chi connectivity index (χ1n) is 12.9. The second-order valence-electron chi connectivity index (χ2n) is 9.18. The normalized spacial score (nSPS) is 16.2. The molecule has 0 amide bonds. The predicted octanol–water partition coefficient (Wildman–Crippen LogP) is 3.06. The van der Waals surface area contributed by atoms with Gasteiger partial charge in [0.05, 0.1) is 26.5 Å². The van der Waals surface area contributed by atoms with Crippen LogP contribution in [-0.2, 0) is 14.9 Å². The summed E-state index contributed by atoms with van der Waals surface area (Å²) in [6, 6.07) is 9.01. The van der Waals surface area contributed by atoms with Crippen LogP contribution in [0, 0.1) is 5.82 Å². The Hall–Kier alpha value is -4.04. The van der Waals surface area contributed by atoms with E-state index in [1.165, 1.54) is 25.8 Å². The highest BCUT2D eigenvalue weighted by Gasteiger charge is 2.21. The van der Waals surface area contributed by atoms with Crippen molar-refractivity contribution in [2.24, 2.45) is 5.10 Å². The minimum Gasteiger partial charge on any atom is -0.493 e. The Bertz CT molecular complexity index is 1410. The fourth-order valence-corrected chi connectivity index (χ4v) is 5.25. The first-order chi connectivity index (χ1) is 19.4. The van der Waals surface area contributed by atoms with E-state index >= 15 is 0 Å². The van der Waals surface area contributed by atoms with Gasteiger partial charge in [-0.1, -0.05) is 0 Å². The van der Waals surface area contributed by atoms with E-state index in [0.29, 0.717) is 49.7 Å². The molecule has 2 aliphatic heterocycles. The van der Waals surface area contributed by atoms with E-state index in [1.54, 1.807) is 12.1 Å². The number of nitrogens with one attached hydrogen (secondary N) is 1. The van der Waals surface area contributed by atoms with Gasteiger partial charge in [0.25, 0.3) is 0 Å². The minimum atomic E-state index is -4.19. The summed E-state index contributed by atoms with van der Waals surface area (Å²) in [6.45, 7) is 4.38. The van der Waals surface area contributed by atoms with Gasteiger partial charge in [0.1, 0.15) is 10.7 Å². The predicted molar refractivity (Wildman–Crippen MR) is 147 cm³/mol. The van der Waals surface area contributed by atoms with E-state index in [9.17, 15) is 12.8 Å². The molecule has 0 aliphatic carbocycles. The van der Waals surface area contributed by atoms with Crippen molar-refractivity contribution in [2.45, 2.75) is 24.2 Å². The number of halogens is 1. The summed E-state index contributed by atoms with van der Waals surface area (Å²) in [5.74, 6) is 1.10. The van der Waals surface area contributed by atoms with Gasteiger partial charge in [-0.2, -0.15) is 28.5 Å². The van der Waals surface area contributed by atoms with Crippen molar-refractivity contribution in [3.63, 3.8) is 0 Å². The molecule has 0 bridgehead atoms. The molecule has 5 rings (SSSR count). The molecular weight excluding hydrogens is 541 g/mol. The summed E-state index contributed by atoms with van der Waals surface area (Å²) in [6.07, 6.45) is 4.90. The maximum absolute atomic E-state index is 13.2. The third-order valence-corrected chi connectivity index (χ3v) is 7.66. The largest absolute Gasteiger partial charge is 0.493 e. The fraction of sp³-hybridized carbons (Fsp3) is 0.385. The third kappa shape index (κ3) is 6.74. The lowest BCUT2D eigenvalue weighted by Gasteiger charge is -2.30. The Morgan fingerprint density at radius 2 is 1.60 bits per heavy atom. The molecule has 2 fully saturated rings. The topological polar surface area (TPSA) is 131 Å². The van der Waals surface area contributed by atoms with E-state index in [2.05, 4.69) is 30.3 Å². The third-order valence-electron chi connectivity index (χ3n) is 6.41. The van der Waals surface area contributed by atoms with Gasteiger partial charge in [0.2, 0.25) is 17.8 Å². The summed E-state index contributed by atoms with van der Waals surface area (Å²) in [5.41, 5.74) is 3.50. The maximum atomic E-state index is 13.2. The Balaban J connectivity index is 1.32. The van der Waals surface area contributed by atoms with Crippen LogP contribution in [-0.4, -0.2) is 76.1 Å². The van der Waals surface area contributed by atoms with Crippen LogP contribution in [0.2, 0.25) is 0 Å². The van der Waals surface area contributed by atoms with E-state index in [0.717, 1.165) is 50.2 Å². The number of benzene rings is 2. The standard InChI is InChI=1S/C26H30FN7O5S/c1-37-23-17-19(5-10-22(23)39-40(35,36)21-8-6-20(27)7-9-21)18-28-32-24-29-25(33-11-3-2-4-12-33)31-26(30-24)34-13-15-38-16-14-34/h5-10,17-18H,2-4,11-16H2,1H3,(H,29,30,31,32)/b28-18-. The van der Waals surface area contributed by atoms with Crippen LogP contribution in [0.5, 0.6) is 11.5 Å². The number of hydrazone groups is 1. The van der Waals surface area contributed by atoms with Crippen molar-refractivity contribution >= 4 is 34.2 Å². The number of anilines is 3. The van der Waals surface area contributed by atoms with E-state index < -0.39 is 15.9 Å². The molecule has 0 saturated carbocycles. The summed E-state index contributed by atoms with van der Waals surface area (Å²) < 4.78 is 54.4. The lowest BCUT2D eigenvalue weighted by atomic mass is 10.1. The van der Waals surface area contributed by atoms with Crippen molar-refractivity contribution < 1.29 is 26.5 Å². The van der Waals surface area contributed by atoms with Crippen molar-refractivity contribution in [1.82, 2.24) is 15.0 Å². The zero-order valence-electron chi connectivity index (χ0n) is 22.0. The zero-order valence-corrected chi connectivity index (χ0v) is 22.8. The second kappa shape index (κ2) is 12.4. The van der Waals surface area contributed by atoms with E-state index in [4.69, 9.17) is 18.6 Å². The Morgan fingerprint density at radius 1 is 0.925 bits per heavy atom. The van der Waals surface area contributed by atoms with Gasteiger partial charge in [-0.3, -0.25) is 0 Å². The van der Waals surface area contributed by atoms with Gasteiger partial charge in [0, 0.05) is 26.2 Å². The number of nitrogens with zero attached hydrogens (tertiary/aromatic N) is 6. The maximum Gasteiger partial charge on any atom is 0.339 e. The van der Waals surface area contributed by atoms with Crippen molar-refractivity contribution in [1.29, 1.82) is 0 Å². The van der Waals surface area contributed by atoms with Gasteiger partial charge < -0.3 is 23.5 Å². The van der Waals surface area contributed by atoms with Gasteiger partial charge in [-0.15, -0.1) is 0 Å². The van der Waals surface area contributed by atoms with Gasteiger partial charge in [-0.05, 0) is 67.3 Å². The highest BCUT2D eigenvalue weighted by molar-refractivity contribution is 7.87. The Morgan fingerprint density at radius 3 is 2.27 bits per heavy atom. The number of morpholine rings is 1. The molecule has 40 heavy (non-hydrogen) atoms. The van der Waals surface area contributed by atoms with Crippen LogP contribution in [0.3, 0.4) is 0 Å². The average molecular weight is 572 g/mol. The first kappa shape index (κ1) is 27.5. The van der Waals surface area contributed by atoms with Gasteiger partial charge >= 0.3 is 10.1 Å². The molecule has 0 unspecified atom stereocenters. The molecule has 2 aliphatic rings. The molecule has 14 heteroatoms. The molecule has 3 heterocycles. The van der Waals surface area contributed by atoms with Gasteiger partial charge in [-0.25, -0.2) is 9.82 Å². The summed E-state index contributed by atoms with van der Waals surface area (Å²) in [4.78, 5) is 17.9. The number of ether oxygens (including phenoxy) is 2. The van der Waals surface area contributed by atoms with Gasteiger partial charge in [0.15, 0.2) is 11.5 Å². The molecule has 2 aromatic carbocycles. The molecule has 3 aromatic rings. The Kier molecular flexibility index (Phi) is 8.55. The monoisotopic (exact) mass is 571 g/mol. The smallest absolute Gasteiger partial charge is 0.339 e. The molecule has 1 N–H and O–H groups in total. The van der Waals surface area contributed by atoms with Crippen LogP contribution >= 0.6 is 0 Å². The van der Waals surface area contributed by atoms with Crippen LogP contribution in [0.25, 0.3) is 0 Å². The van der Waals surface area contributed by atoms with Crippen LogP contribution in [0.15, 0.2) is 52.5 Å². The number of aromatic nitrogens is 3. The minimum absolute atomic E-state index is 0.0178. The average Bonchev–Trinajstić information content (AvgIpc) is 2.98. The Labute approximate surface area is 231 Å². The number of hydrogen-bond acceptors (Lipinski definition) is 12. The lowest BCUT2D eigenvalue weighted by molar-refractivity contribution is 0.122. The van der Waals surface area contributed by atoms with Crippen LogP contribution < -0.4 is 24.1 Å². The molecule has 212 valence electrons. The number of rotatable bonds is 9. The SMILES string of the molecule is COc1cc(/C=N\Nc2nc(N3CCCCC3)nc(N3CCOCC3)n2)ccc1OS(=O)(=O)c1ccc(F)cc1.